The summed E-state index contributed by atoms with van der Waals surface area (Å²) >= 11 is 0. The average Bonchev–Trinajstić information content (AvgIpc) is 2.32. The lowest BCUT2D eigenvalue weighted by Crippen LogP contribution is -2.13. The summed E-state index contributed by atoms with van der Waals surface area (Å²) in [7, 11) is 0. The molecule has 0 fully saturated rings. The predicted octanol–water partition coefficient (Wildman–Crippen LogP) is 3.42. The maximum absolute atomic E-state index is 5.80. The molecule has 1 unspecified atom stereocenters. The molecule has 0 saturated carbocycles. The summed E-state index contributed by atoms with van der Waals surface area (Å²) in [4.78, 5) is 0. The molecule has 0 radical (unpaired) electrons. The molecule has 2 N–H and O–H groups in total. The SMILES string of the molecule is C=C(/C=C\C=C/C)C(CN)c1ccccc1. The second-order valence-electron chi connectivity index (χ2n) is 3.66. The molecule has 1 nitrogen and oxygen atoms in total. The van der Waals surface area contributed by atoms with Crippen molar-refractivity contribution in [1.29, 1.82) is 0 Å². The van der Waals surface area contributed by atoms with Gasteiger partial charge in [0, 0.05) is 12.5 Å². The van der Waals surface area contributed by atoms with E-state index in [1.165, 1.54) is 5.56 Å². The summed E-state index contributed by atoms with van der Waals surface area (Å²) < 4.78 is 0. The number of nitrogens with two attached hydrogens (primary N) is 1. The van der Waals surface area contributed by atoms with Crippen LogP contribution in [0.3, 0.4) is 0 Å². The van der Waals surface area contributed by atoms with Gasteiger partial charge in [-0.3, -0.25) is 0 Å². The summed E-state index contributed by atoms with van der Waals surface area (Å²) in [5.41, 5.74) is 8.07. The predicted molar refractivity (Wildman–Crippen MR) is 71.3 cm³/mol. The highest BCUT2D eigenvalue weighted by molar-refractivity contribution is 5.34. The first kappa shape index (κ1) is 12.5. The van der Waals surface area contributed by atoms with Gasteiger partial charge in [0.15, 0.2) is 0 Å². The normalized spacial score (nSPS) is 13.4. The van der Waals surface area contributed by atoms with Crippen molar-refractivity contribution in [2.24, 2.45) is 5.73 Å². The molecule has 0 aliphatic heterocycles. The van der Waals surface area contributed by atoms with Gasteiger partial charge in [0.25, 0.3) is 0 Å². The van der Waals surface area contributed by atoms with Crippen molar-refractivity contribution >= 4 is 0 Å². The molecule has 0 spiro atoms. The van der Waals surface area contributed by atoms with Crippen LogP contribution in [-0.2, 0) is 0 Å². The summed E-state index contributed by atoms with van der Waals surface area (Å²) in [5.74, 6) is 0.211. The van der Waals surface area contributed by atoms with Gasteiger partial charge in [-0.1, -0.05) is 61.2 Å². The second kappa shape index (κ2) is 6.81. The molecule has 0 saturated heterocycles. The van der Waals surface area contributed by atoms with Crippen LogP contribution in [-0.4, -0.2) is 6.54 Å². The van der Waals surface area contributed by atoms with Gasteiger partial charge >= 0.3 is 0 Å². The van der Waals surface area contributed by atoms with Crippen molar-refractivity contribution in [3.63, 3.8) is 0 Å². The van der Waals surface area contributed by atoms with Crippen molar-refractivity contribution in [3.8, 4) is 0 Å². The van der Waals surface area contributed by atoms with E-state index >= 15 is 0 Å². The lowest BCUT2D eigenvalue weighted by molar-refractivity contribution is 0.821. The Bertz CT molecular complexity index is 374. The van der Waals surface area contributed by atoms with Crippen molar-refractivity contribution in [2.45, 2.75) is 12.8 Å². The van der Waals surface area contributed by atoms with E-state index < -0.39 is 0 Å². The smallest absolute Gasteiger partial charge is 0.0206 e. The molecule has 0 aliphatic rings. The van der Waals surface area contributed by atoms with E-state index in [1.54, 1.807) is 0 Å². The van der Waals surface area contributed by atoms with Crippen molar-refractivity contribution < 1.29 is 0 Å². The number of rotatable bonds is 5. The van der Waals surface area contributed by atoms with Gasteiger partial charge in [0.2, 0.25) is 0 Å². The minimum Gasteiger partial charge on any atom is -0.330 e. The zero-order valence-corrected chi connectivity index (χ0v) is 9.77. The fourth-order valence-corrected chi connectivity index (χ4v) is 1.59. The first-order valence-corrected chi connectivity index (χ1v) is 5.52. The molecule has 84 valence electrons. The highest BCUT2D eigenvalue weighted by atomic mass is 14.5. The monoisotopic (exact) mass is 213 g/mol. The van der Waals surface area contributed by atoms with E-state index in [4.69, 9.17) is 5.73 Å². The van der Waals surface area contributed by atoms with Crippen molar-refractivity contribution in [1.82, 2.24) is 0 Å². The van der Waals surface area contributed by atoms with Crippen LogP contribution < -0.4 is 5.73 Å². The van der Waals surface area contributed by atoms with E-state index in [9.17, 15) is 0 Å². The quantitative estimate of drug-likeness (QED) is 0.745. The third-order valence-corrected chi connectivity index (χ3v) is 2.50. The zero-order valence-electron chi connectivity index (χ0n) is 9.77. The van der Waals surface area contributed by atoms with E-state index in [0.717, 1.165) is 5.57 Å². The minimum atomic E-state index is 0.211. The summed E-state index contributed by atoms with van der Waals surface area (Å²) in [5, 5.41) is 0. The Morgan fingerprint density at radius 2 is 2.00 bits per heavy atom. The summed E-state index contributed by atoms with van der Waals surface area (Å²) in [6.45, 7) is 6.65. The van der Waals surface area contributed by atoms with E-state index in [1.807, 2.05) is 49.4 Å². The molecule has 0 amide bonds. The fraction of sp³-hybridized carbons (Fsp3) is 0.200. The van der Waals surface area contributed by atoms with Gasteiger partial charge in [-0.25, -0.2) is 0 Å². The van der Waals surface area contributed by atoms with E-state index in [0.29, 0.717) is 6.54 Å². The molecule has 0 bridgehead atoms. The lowest BCUT2D eigenvalue weighted by Gasteiger charge is -2.15. The molecule has 16 heavy (non-hydrogen) atoms. The Hall–Kier alpha value is -1.60. The van der Waals surface area contributed by atoms with Gasteiger partial charge in [-0.05, 0) is 18.1 Å². The molecule has 1 rings (SSSR count). The molecule has 0 heterocycles. The van der Waals surface area contributed by atoms with Gasteiger partial charge < -0.3 is 5.73 Å². The molecule has 1 aromatic rings. The molecule has 0 aliphatic carbocycles. The van der Waals surface area contributed by atoms with Crippen LogP contribution in [0.1, 0.15) is 18.4 Å². The van der Waals surface area contributed by atoms with E-state index in [-0.39, 0.29) is 5.92 Å². The first-order chi connectivity index (χ1) is 7.79. The van der Waals surface area contributed by atoms with Crippen LogP contribution >= 0.6 is 0 Å². The van der Waals surface area contributed by atoms with Crippen LogP contribution in [0.4, 0.5) is 0 Å². The average molecular weight is 213 g/mol. The van der Waals surface area contributed by atoms with Gasteiger partial charge in [0.1, 0.15) is 0 Å². The van der Waals surface area contributed by atoms with Crippen molar-refractivity contribution in [3.05, 3.63) is 72.4 Å². The molecule has 1 aromatic carbocycles. The molecular weight excluding hydrogens is 194 g/mol. The number of hydrogen-bond donors (Lipinski definition) is 1. The van der Waals surface area contributed by atoms with Gasteiger partial charge in [-0.15, -0.1) is 0 Å². The Labute approximate surface area is 98.0 Å². The topological polar surface area (TPSA) is 26.0 Å². The van der Waals surface area contributed by atoms with Gasteiger partial charge in [-0.2, -0.15) is 0 Å². The maximum Gasteiger partial charge on any atom is 0.0206 e. The molecule has 1 atom stereocenters. The minimum absolute atomic E-state index is 0.211. The summed E-state index contributed by atoms with van der Waals surface area (Å²) in [6, 6.07) is 10.2. The number of allylic oxidation sites excluding steroid dienone is 4. The largest absolute Gasteiger partial charge is 0.330 e. The highest BCUT2D eigenvalue weighted by Crippen LogP contribution is 2.22. The van der Waals surface area contributed by atoms with Crippen LogP contribution in [0.25, 0.3) is 0 Å². The molecule has 0 aromatic heterocycles. The Balaban J connectivity index is 2.79. The summed E-state index contributed by atoms with van der Waals surface area (Å²) in [6.07, 6.45) is 7.99. The second-order valence-corrected chi connectivity index (χ2v) is 3.66. The van der Waals surface area contributed by atoms with Crippen LogP contribution in [0.5, 0.6) is 0 Å². The number of hydrogen-bond acceptors (Lipinski definition) is 1. The van der Waals surface area contributed by atoms with Crippen LogP contribution in [0.15, 0.2) is 66.8 Å². The Morgan fingerprint density at radius 1 is 1.31 bits per heavy atom. The lowest BCUT2D eigenvalue weighted by atomic mass is 9.92. The van der Waals surface area contributed by atoms with E-state index in [2.05, 4.69) is 18.7 Å². The third-order valence-electron chi connectivity index (χ3n) is 2.50. The zero-order chi connectivity index (χ0) is 11.8. The number of benzene rings is 1. The Morgan fingerprint density at radius 3 is 2.56 bits per heavy atom. The van der Waals surface area contributed by atoms with Gasteiger partial charge in [0.05, 0.1) is 0 Å². The molecular formula is C15H19N. The van der Waals surface area contributed by atoms with Crippen LogP contribution in [0.2, 0.25) is 0 Å². The third kappa shape index (κ3) is 3.52. The van der Waals surface area contributed by atoms with Crippen molar-refractivity contribution in [2.75, 3.05) is 6.54 Å². The first-order valence-electron chi connectivity index (χ1n) is 5.52. The fourth-order valence-electron chi connectivity index (χ4n) is 1.59. The highest BCUT2D eigenvalue weighted by Gasteiger charge is 2.10. The maximum atomic E-state index is 5.80. The molecule has 1 heteroatoms. The Kier molecular flexibility index (Phi) is 5.30. The standard InChI is InChI=1S/C15H19N/c1-3-4-6-9-13(2)15(12-16)14-10-7-5-8-11-14/h3-11,15H,2,12,16H2,1H3/b4-3-,9-6-. The van der Waals surface area contributed by atoms with Crippen LogP contribution in [0, 0.1) is 0 Å².